The van der Waals surface area contributed by atoms with Crippen LogP contribution in [0, 0.1) is 0 Å². The van der Waals surface area contributed by atoms with Crippen molar-refractivity contribution in [3.8, 4) is 5.75 Å². The maximum Gasteiger partial charge on any atom is 0.147 e. The van der Waals surface area contributed by atoms with Crippen molar-refractivity contribution < 1.29 is 9.47 Å². The van der Waals surface area contributed by atoms with E-state index in [1.165, 1.54) is 0 Å². The van der Waals surface area contributed by atoms with Crippen LogP contribution in [-0.4, -0.2) is 43.4 Å². The fraction of sp³-hybridized carbons (Fsp3) is 0.667. The molecule has 0 atom stereocenters. The van der Waals surface area contributed by atoms with E-state index in [0.717, 1.165) is 63.4 Å². The Morgan fingerprint density at radius 1 is 1.24 bits per heavy atom. The zero-order chi connectivity index (χ0) is 14.5. The Bertz CT molecular complexity index is 457. The lowest BCUT2D eigenvalue weighted by Crippen LogP contribution is -2.35. The van der Waals surface area contributed by atoms with Gasteiger partial charge in [-0.05, 0) is 25.9 Å². The first-order chi connectivity index (χ1) is 10.3. The minimum absolute atomic E-state index is 0.218. The molecule has 6 heteroatoms. The number of anilines is 2. The molecular weight excluding hydrogens is 268 g/mol. The van der Waals surface area contributed by atoms with Crippen LogP contribution in [-0.2, 0) is 4.74 Å². The number of hydrogen-bond donors (Lipinski definition) is 3. The molecule has 0 amide bonds. The third-order valence-corrected chi connectivity index (χ3v) is 4.06. The van der Waals surface area contributed by atoms with E-state index < -0.39 is 0 Å². The second kappa shape index (κ2) is 6.95. The first-order valence-corrected chi connectivity index (χ1v) is 7.78. The van der Waals surface area contributed by atoms with Gasteiger partial charge in [0.1, 0.15) is 17.7 Å². The van der Waals surface area contributed by atoms with Crippen molar-refractivity contribution in [2.24, 2.45) is 0 Å². The van der Waals surface area contributed by atoms with Gasteiger partial charge in [0.25, 0.3) is 0 Å². The number of piperidine rings is 1. The molecule has 3 rings (SSSR count). The molecule has 0 saturated carbocycles. The lowest BCUT2D eigenvalue weighted by atomic mass is 10.1. The Balaban J connectivity index is 1.63. The number of rotatable bonds is 4. The maximum absolute atomic E-state index is 5.99. The molecule has 2 saturated heterocycles. The van der Waals surface area contributed by atoms with Gasteiger partial charge in [-0.25, -0.2) is 4.98 Å². The highest BCUT2D eigenvalue weighted by Gasteiger charge is 2.17. The van der Waals surface area contributed by atoms with Crippen molar-refractivity contribution in [1.82, 2.24) is 10.3 Å². The zero-order valence-electron chi connectivity index (χ0n) is 12.3. The molecule has 4 N–H and O–H groups in total. The fourth-order valence-electron chi connectivity index (χ4n) is 2.81. The average Bonchev–Trinajstić information content (AvgIpc) is 2.53. The van der Waals surface area contributed by atoms with Gasteiger partial charge in [-0.2, -0.15) is 0 Å². The summed E-state index contributed by atoms with van der Waals surface area (Å²) in [4.78, 5) is 4.25. The van der Waals surface area contributed by atoms with Crippen molar-refractivity contribution >= 4 is 11.5 Å². The Morgan fingerprint density at radius 2 is 2.00 bits per heavy atom. The van der Waals surface area contributed by atoms with E-state index >= 15 is 0 Å². The molecule has 0 spiro atoms. The van der Waals surface area contributed by atoms with E-state index in [4.69, 9.17) is 15.2 Å². The predicted molar refractivity (Wildman–Crippen MR) is 82.6 cm³/mol. The third kappa shape index (κ3) is 3.98. The third-order valence-electron chi connectivity index (χ3n) is 4.06. The average molecular weight is 292 g/mol. The molecule has 0 bridgehead atoms. The van der Waals surface area contributed by atoms with Gasteiger partial charge in [0.05, 0.1) is 25.1 Å². The molecular formula is C15H24N4O2. The summed E-state index contributed by atoms with van der Waals surface area (Å²) in [5.41, 5.74) is 6.86. The smallest absolute Gasteiger partial charge is 0.147 e. The Morgan fingerprint density at radius 3 is 2.76 bits per heavy atom. The molecule has 21 heavy (non-hydrogen) atoms. The highest BCUT2D eigenvalue weighted by molar-refractivity contribution is 5.64. The quantitative estimate of drug-likeness (QED) is 0.778. The number of nitrogens with zero attached hydrogens (tertiary/aromatic N) is 1. The monoisotopic (exact) mass is 292 g/mol. The summed E-state index contributed by atoms with van der Waals surface area (Å²) in [6.45, 7) is 3.63. The van der Waals surface area contributed by atoms with Crippen LogP contribution in [0.3, 0.4) is 0 Å². The molecule has 2 fully saturated rings. The Hall–Kier alpha value is -1.53. The van der Waals surface area contributed by atoms with Gasteiger partial charge in [-0.3, -0.25) is 0 Å². The summed E-state index contributed by atoms with van der Waals surface area (Å²) in [5.74, 6) is 1.32. The van der Waals surface area contributed by atoms with Crippen LogP contribution in [0.1, 0.15) is 25.7 Å². The van der Waals surface area contributed by atoms with Crippen LogP contribution in [0.2, 0.25) is 0 Å². The van der Waals surface area contributed by atoms with Crippen molar-refractivity contribution in [2.45, 2.75) is 37.8 Å². The van der Waals surface area contributed by atoms with Crippen molar-refractivity contribution in [1.29, 1.82) is 0 Å². The van der Waals surface area contributed by atoms with Gasteiger partial charge >= 0.3 is 0 Å². The van der Waals surface area contributed by atoms with Crippen LogP contribution < -0.4 is 21.1 Å². The van der Waals surface area contributed by atoms with Crippen LogP contribution in [0.15, 0.2) is 12.3 Å². The standard InChI is InChI=1S/C15H24N4O2/c16-15-14(19-11-1-5-17-6-2-11)9-13(10-18-15)21-12-3-7-20-8-4-12/h9-12,17,19H,1-8H2,(H2,16,18). The lowest BCUT2D eigenvalue weighted by Gasteiger charge is -2.26. The Kier molecular flexibility index (Phi) is 4.77. The van der Waals surface area contributed by atoms with Crippen LogP contribution in [0.4, 0.5) is 11.5 Å². The van der Waals surface area contributed by atoms with E-state index in [9.17, 15) is 0 Å². The van der Waals surface area contributed by atoms with Crippen molar-refractivity contribution in [3.05, 3.63) is 12.3 Å². The lowest BCUT2D eigenvalue weighted by molar-refractivity contribution is 0.0254. The summed E-state index contributed by atoms with van der Waals surface area (Å²) < 4.78 is 11.3. The topological polar surface area (TPSA) is 81.4 Å². The molecule has 0 unspecified atom stereocenters. The normalized spacial score (nSPS) is 21.1. The second-order valence-electron chi connectivity index (χ2n) is 5.70. The largest absolute Gasteiger partial charge is 0.489 e. The van der Waals surface area contributed by atoms with Crippen LogP contribution >= 0.6 is 0 Å². The van der Waals surface area contributed by atoms with Gasteiger partial charge < -0.3 is 25.8 Å². The first kappa shape index (κ1) is 14.4. The zero-order valence-corrected chi connectivity index (χ0v) is 12.3. The van der Waals surface area contributed by atoms with E-state index in [1.807, 2.05) is 6.07 Å². The molecule has 0 radical (unpaired) electrons. The second-order valence-corrected chi connectivity index (χ2v) is 5.70. The van der Waals surface area contributed by atoms with Gasteiger partial charge in [-0.15, -0.1) is 0 Å². The van der Waals surface area contributed by atoms with Crippen molar-refractivity contribution in [3.63, 3.8) is 0 Å². The van der Waals surface area contributed by atoms with Gasteiger partial charge in [0.15, 0.2) is 0 Å². The summed E-state index contributed by atoms with van der Waals surface area (Å²) >= 11 is 0. The van der Waals surface area contributed by atoms with E-state index in [-0.39, 0.29) is 6.10 Å². The number of nitrogens with two attached hydrogens (primary N) is 1. The van der Waals surface area contributed by atoms with Gasteiger partial charge in [0.2, 0.25) is 0 Å². The van der Waals surface area contributed by atoms with Crippen molar-refractivity contribution in [2.75, 3.05) is 37.4 Å². The fourth-order valence-corrected chi connectivity index (χ4v) is 2.81. The van der Waals surface area contributed by atoms with Crippen LogP contribution in [0.25, 0.3) is 0 Å². The highest BCUT2D eigenvalue weighted by atomic mass is 16.5. The molecule has 1 aromatic rings. The first-order valence-electron chi connectivity index (χ1n) is 7.78. The molecule has 0 aliphatic carbocycles. The minimum Gasteiger partial charge on any atom is -0.489 e. The van der Waals surface area contributed by atoms with Crippen LogP contribution in [0.5, 0.6) is 5.75 Å². The Labute approximate surface area is 125 Å². The molecule has 2 aliphatic rings. The number of nitrogens with one attached hydrogen (secondary N) is 2. The van der Waals surface area contributed by atoms with E-state index in [0.29, 0.717) is 11.9 Å². The SMILES string of the molecule is Nc1ncc(OC2CCOCC2)cc1NC1CCNCC1. The highest BCUT2D eigenvalue weighted by Crippen LogP contribution is 2.26. The van der Waals surface area contributed by atoms with E-state index in [1.54, 1.807) is 6.20 Å². The van der Waals surface area contributed by atoms with E-state index in [2.05, 4.69) is 15.6 Å². The number of pyridine rings is 1. The summed E-state index contributed by atoms with van der Waals surface area (Å²) in [6, 6.07) is 2.42. The summed E-state index contributed by atoms with van der Waals surface area (Å²) in [6.07, 6.45) is 5.99. The number of hydrogen-bond acceptors (Lipinski definition) is 6. The summed E-state index contributed by atoms with van der Waals surface area (Å²) in [5, 5.41) is 6.85. The van der Waals surface area contributed by atoms with Gasteiger partial charge in [-0.1, -0.05) is 0 Å². The molecule has 3 heterocycles. The maximum atomic E-state index is 5.99. The minimum atomic E-state index is 0.218. The number of aromatic nitrogens is 1. The molecule has 116 valence electrons. The molecule has 1 aromatic heterocycles. The molecule has 2 aliphatic heterocycles. The number of ether oxygens (including phenoxy) is 2. The summed E-state index contributed by atoms with van der Waals surface area (Å²) in [7, 11) is 0. The predicted octanol–water partition coefficient (Wildman–Crippen LogP) is 1.39. The van der Waals surface area contributed by atoms with Gasteiger partial charge in [0, 0.05) is 24.9 Å². The molecule has 0 aromatic carbocycles. The molecule has 6 nitrogen and oxygen atoms in total. The number of nitrogen functional groups attached to an aromatic ring is 1.